The minimum absolute atomic E-state index is 0.0830. The summed E-state index contributed by atoms with van der Waals surface area (Å²) in [5.74, 6) is 0. The minimum Gasteiger partial charge on any atom is -0.394 e. The Morgan fingerprint density at radius 1 is 1.58 bits per heavy atom. The molecule has 4 nitrogen and oxygen atoms in total. The summed E-state index contributed by atoms with van der Waals surface area (Å²) >= 11 is 0. The molecule has 0 unspecified atom stereocenters. The molecule has 0 aromatic carbocycles. The molecule has 0 aromatic rings. The summed E-state index contributed by atoms with van der Waals surface area (Å²) in [7, 11) is 0. The first-order valence-electron chi connectivity index (χ1n) is 4.23. The summed E-state index contributed by atoms with van der Waals surface area (Å²) in [4.78, 5) is 0. The second-order valence-corrected chi connectivity index (χ2v) is 3.27. The molecular weight excluding hydrogens is 160 g/mol. The van der Waals surface area contributed by atoms with Crippen molar-refractivity contribution in [1.29, 1.82) is 0 Å². The number of aliphatic hydroxyl groups is 2. The average Bonchev–Trinajstić information content (AvgIpc) is 2.29. The zero-order chi connectivity index (χ0) is 9.14. The Morgan fingerprint density at radius 2 is 2.25 bits per heavy atom. The van der Waals surface area contributed by atoms with Crippen molar-refractivity contribution < 1.29 is 19.7 Å². The maximum absolute atomic E-state index is 9.31. The van der Waals surface area contributed by atoms with Gasteiger partial charge in [-0.2, -0.15) is 0 Å². The van der Waals surface area contributed by atoms with Gasteiger partial charge in [-0.25, -0.2) is 0 Å². The summed E-state index contributed by atoms with van der Waals surface area (Å²) in [6.45, 7) is 3.66. The lowest BCUT2D eigenvalue weighted by Crippen LogP contribution is -2.24. The van der Waals surface area contributed by atoms with Crippen molar-refractivity contribution in [3.05, 3.63) is 0 Å². The zero-order valence-electron chi connectivity index (χ0n) is 7.43. The fourth-order valence-electron chi connectivity index (χ4n) is 1.25. The lowest BCUT2D eigenvalue weighted by atomic mass is 10.2. The number of hydrogen-bond acceptors (Lipinski definition) is 4. The van der Waals surface area contributed by atoms with Crippen LogP contribution in [0.5, 0.6) is 0 Å². The van der Waals surface area contributed by atoms with Gasteiger partial charge in [-0.3, -0.25) is 0 Å². The molecule has 4 heteroatoms. The summed E-state index contributed by atoms with van der Waals surface area (Å²) < 4.78 is 10.5. The SMILES string of the molecule is CC(C)O[C@@H]1C[C@H](O)[C@@H](CO)O1. The molecule has 1 fully saturated rings. The summed E-state index contributed by atoms with van der Waals surface area (Å²) in [6, 6.07) is 0. The number of rotatable bonds is 3. The fraction of sp³-hybridized carbons (Fsp3) is 1.00. The van der Waals surface area contributed by atoms with Gasteiger partial charge in [-0.05, 0) is 13.8 Å². The zero-order valence-corrected chi connectivity index (χ0v) is 7.43. The predicted octanol–water partition coefficient (Wildman–Crippen LogP) is -0.120. The quantitative estimate of drug-likeness (QED) is 0.629. The molecule has 1 rings (SSSR count). The molecule has 0 bridgehead atoms. The Hall–Kier alpha value is -0.160. The highest BCUT2D eigenvalue weighted by atomic mass is 16.7. The Labute approximate surface area is 72.1 Å². The fourth-order valence-corrected chi connectivity index (χ4v) is 1.25. The van der Waals surface area contributed by atoms with Gasteiger partial charge in [-0.1, -0.05) is 0 Å². The second kappa shape index (κ2) is 4.18. The maximum atomic E-state index is 9.31. The van der Waals surface area contributed by atoms with Crippen LogP contribution in [0.15, 0.2) is 0 Å². The molecule has 72 valence electrons. The van der Waals surface area contributed by atoms with Crippen molar-refractivity contribution in [2.75, 3.05) is 6.61 Å². The third-order valence-corrected chi connectivity index (χ3v) is 1.79. The van der Waals surface area contributed by atoms with Gasteiger partial charge in [0.1, 0.15) is 6.10 Å². The standard InChI is InChI=1S/C8H16O4/c1-5(2)11-8-3-6(10)7(4-9)12-8/h5-10H,3-4H2,1-2H3/t6-,7+,8-/m0/s1. The van der Waals surface area contributed by atoms with Crippen LogP contribution in [-0.4, -0.2) is 41.4 Å². The van der Waals surface area contributed by atoms with Crippen molar-refractivity contribution in [3.8, 4) is 0 Å². The lowest BCUT2D eigenvalue weighted by molar-refractivity contribution is -0.161. The van der Waals surface area contributed by atoms with E-state index in [1.807, 2.05) is 13.8 Å². The van der Waals surface area contributed by atoms with E-state index in [1.54, 1.807) is 0 Å². The van der Waals surface area contributed by atoms with E-state index in [0.29, 0.717) is 6.42 Å². The predicted molar refractivity (Wildman–Crippen MR) is 42.6 cm³/mol. The highest BCUT2D eigenvalue weighted by molar-refractivity contribution is 4.77. The van der Waals surface area contributed by atoms with E-state index in [9.17, 15) is 5.11 Å². The molecule has 0 radical (unpaired) electrons. The molecule has 1 heterocycles. The number of ether oxygens (including phenoxy) is 2. The minimum atomic E-state index is -0.598. The van der Waals surface area contributed by atoms with Gasteiger partial charge < -0.3 is 19.7 Å². The van der Waals surface area contributed by atoms with Crippen LogP contribution in [0.2, 0.25) is 0 Å². The van der Waals surface area contributed by atoms with E-state index < -0.39 is 12.2 Å². The van der Waals surface area contributed by atoms with Crippen molar-refractivity contribution in [1.82, 2.24) is 0 Å². The summed E-state index contributed by atoms with van der Waals surface area (Å²) in [6.07, 6.45) is -0.909. The van der Waals surface area contributed by atoms with E-state index in [-0.39, 0.29) is 19.0 Å². The van der Waals surface area contributed by atoms with E-state index in [2.05, 4.69) is 0 Å². The highest BCUT2D eigenvalue weighted by Crippen LogP contribution is 2.21. The van der Waals surface area contributed by atoms with Crippen LogP contribution in [0.3, 0.4) is 0 Å². The Bertz CT molecular complexity index is 137. The van der Waals surface area contributed by atoms with Crippen molar-refractivity contribution >= 4 is 0 Å². The third-order valence-electron chi connectivity index (χ3n) is 1.79. The molecule has 0 amide bonds. The number of aliphatic hydroxyl groups excluding tert-OH is 2. The highest BCUT2D eigenvalue weighted by Gasteiger charge is 2.34. The molecule has 3 atom stereocenters. The topological polar surface area (TPSA) is 58.9 Å². The first-order chi connectivity index (χ1) is 5.63. The van der Waals surface area contributed by atoms with E-state index >= 15 is 0 Å². The van der Waals surface area contributed by atoms with Crippen LogP contribution < -0.4 is 0 Å². The van der Waals surface area contributed by atoms with Crippen molar-refractivity contribution in [2.45, 2.75) is 44.9 Å². The summed E-state index contributed by atoms with van der Waals surface area (Å²) in [5, 5.41) is 18.1. The third kappa shape index (κ3) is 2.42. The lowest BCUT2D eigenvalue weighted by Gasteiger charge is -2.14. The van der Waals surface area contributed by atoms with Gasteiger partial charge in [0.15, 0.2) is 6.29 Å². The smallest absolute Gasteiger partial charge is 0.161 e. The average molecular weight is 176 g/mol. The first kappa shape index (κ1) is 9.92. The van der Waals surface area contributed by atoms with E-state index in [0.717, 1.165) is 0 Å². The van der Waals surface area contributed by atoms with E-state index in [1.165, 1.54) is 0 Å². The van der Waals surface area contributed by atoms with Gasteiger partial charge in [-0.15, -0.1) is 0 Å². The van der Waals surface area contributed by atoms with Gasteiger partial charge in [0, 0.05) is 6.42 Å². The first-order valence-corrected chi connectivity index (χ1v) is 4.23. The molecule has 1 aliphatic heterocycles. The molecule has 1 aliphatic rings. The van der Waals surface area contributed by atoms with Gasteiger partial charge in [0.05, 0.1) is 18.8 Å². The van der Waals surface area contributed by atoms with Gasteiger partial charge in [0.25, 0.3) is 0 Å². The van der Waals surface area contributed by atoms with Crippen LogP contribution in [0.4, 0.5) is 0 Å². The Kier molecular flexibility index (Phi) is 3.46. The Balaban J connectivity index is 2.33. The van der Waals surface area contributed by atoms with Crippen LogP contribution in [0, 0.1) is 0 Å². The Morgan fingerprint density at radius 3 is 2.67 bits per heavy atom. The van der Waals surface area contributed by atoms with Gasteiger partial charge in [0.2, 0.25) is 0 Å². The summed E-state index contributed by atoms with van der Waals surface area (Å²) in [5.41, 5.74) is 0. The molecule has 1 saturated heterocycles. The van der Waals surface area contributed by atoms with Crippen LogP contribution >= 0.6 is 0 Å². The van der Waals surface area contributed by atoms with Crippen LogP contribution in [0.25, 0.3) is 0 Å². The van der Waals surface area contributed by atoms with Crippen LogP contribution in [0.1, 0.15) is 20.3 Å². The number of hydrogen-bond donors (Lipinski definition) is 2. The largest absolute Gasteiger partial charge is 0.394 e. The molecule has 0 aromatic heterocycles. The van der Waals surface area contributed by atoms with Crippen LogP contribution in [-0.2, 0) is 9.47 Å². The maximum Gasteiger partial charge on any atom is 0.161 e. The van der Waals surface area contributed by atoms with E-state index in [4.69, 9.17) is 14.6 Å². The molecule has 2 N–H and O–H groups in total. The molecule has 0 spiro atoms. The molecule has 0 saturated carbocycles. The molecular formula is C8H16O4. The monoisotopic (exact) mass is 176 g/mol. The van der Waals surface area contributed by atoms with Crippen molar-refractivity contribution in [2.24, 2.45) is 0 Å². The van der Waals surface area contributed by atoms with Crippen molar-refractivity contribution in [3.63, 3.8) is 0 Å². The normalized spacial score (nSPS) is 36.2. The molecule has 0 aliphatic carbocycles. The molecule has 12 heavy (non-hydrogen) atoms. The van der Waals surface area contributed by atoms with Gasteiger partial charge >= 0.3 is 0 Å². The second-order valence-electron chi connectivity index (χ2n) is 3.27.